The molecule has 78 valence electrons. The average Bonchev–Trinajstić information content (AvgIpc) is 2.20. The number of rotatable bonds is 5. The summed E-state index contributed by atoms with van der Waals surface area (Å²) in [5.74, 6) is 0.655. The fourth-order valence-electron chi connectivity index (χ4n) is 1.49. The normalized spacial score (nSPS) is 10.8. The number of hydrogen-bond acceptors (Lipinski definition) is 3. The van der Waals surface area contributed by atoms with Gasteiger partial charge in [-0.3, -0.25) is 4.90 Å². The number of anilines is 1. The predicted octanol–water partition coefficient (Wildman–Crippen LogP) is 1.90. The van der Waals surface area contributed by atoms with Gasteiger partial charge in [0.2, 0.25) is 0 Å². The molecule has 0 fully saturated rings. The monoisotopic (exact) mass is 193 g/mol. The fourth-order valence-corrected chi connectivity index (χ4v) is 1.49. The summed E-state index contributed by atoms with van der Waals surface area (Å²) in [4.78, 5) is 6.45. The van der Waals surface area contributed by atoms with Crippen molar-refractivity contribution in [2.75, 3.05) is 18.8 Å². The molecule has 2 N–H and O–H groups in total. The SMILES string of the molecule is CCCN(CC)Cc1cccnc1N. The molecular weight excluding hydrogens is 174 g/mol. The molecule has 0 atom stereocenters. The second-order valence-electron chi connectivity index (χ2n) is 3.42. The Hall–Kier alpha value is -1.09. The van der Waals surface area contributed by atoms with Crippen LogP contribution in [0.2, 0.25) is 0 Å². The minimum atomic E-state index is 0.655. The van der Waals surface area contributed by atoms with E-state index in [1.54, 1.807) is 6.20 Å². The lowest BCUT2D eigenvalue weighted by Crippen LogP contribution is -2.24. The lowest BCUT2D eigenvalue weighted by Gasteiger charge is -2.19. The van der Waals surface area contributed by atoms with E-state index in [1.807, 2.05) is 12.1 Å². The summed E-state index contributed by atoms with van der Waals surface area (Å²) in [5.41, 5.74) is 6.91. The zero-order valence-corrected chi connectivity index (χ0v) is 9.03. The molecule has 1 aromatic heterocycles. The van der Waals surface area contributed by atoms with Crippen LogP contribution in [0.5, 0.6) is 0 Å². The first kappa shape index (κ1) is 11.0. The summed E-state index contributed by atoms with van der Waals surface area (Å²) in [6, 6.07) is 3.98. The van der Waals surface area contributed by atoms with Gasteiger partial charge in [0, 0.05) is 18.3 Å². The Labute approximate surface area is 85.9 Å². The molecule has 3 heteroatoms. The maximum Gasteiger partial charge on any atom is 0.127 e. The summed E-state index contributed by atoms with van der Waals surface area (Å²) in [5, 5.41) is 0. The number of nitrogens with two attached hydrogens (primary N) is 1. The van der Waals surface area contributed by atoms with E-state index >= 15 is 0 Å². The summed E-state index contributed by atoms with van der Waals surface area (Å²) >= 11 is 0. The van der Waals surface area contributed by atoms with E-state index in [2.05, 4.69) is 23.7 Å². The van der Waals surface area contributed by atoms with E-state index in [9.17, 15) is 0 Å². The number of hydrogen-bond donors (Lipinski definition) is 1. The third kappa shape index (κ3) is 3.00. The zero-order chi connectivity index (χ0) is 10.4. The Balaban J connectivity index is 2.62. The second kappa shape index (κ2) is 5.60. The molecule has 0 aliphatic rings. The average molecular weight is 193 g/mol. The number of nitrogens with zero attached hydrogens (tertiary/aromatic N) is 2. The van der Waals surface area contributed by atoms with Gasteiger partial charge in [-0.2, -0.15) is 0 Å². The maximum atomic E-state index is 5.78. The van der Waals surface area contributed by atoms with E-state index in [4.69, 9.17) is 5.73 Å². The number of nitrogen functional groups attached to an aromatic ring is 1. The van der Waals surface area contributed by atoms with Crippen molar-refractivity contribution in [2.24, 2.45) is 0 Å². The fraction of sp³-hybridized carbons (Fsp3) is 0.545. The molecule has 0 spiro atoms. The van der Waals surface area contributed by atoms with Crippen molar-refractivity contribution in [3.05, 3.63) is 23.9 Å². The molecule has 0 aromatic carbocycles. The van der Waals surface area contributed by atoms with E-state index in [0.29, 0.717) is 5.82 Å². The van der Waals surface area contributed by atoms with Crippen LogP contribution in [0.25, 0.3) is 0 Å². The van der Waals surface area contributed by atoms with E-state index in [1.165, 1.54) is 6.42 Å². The first-order chi connectivity index (χ1) is 6.77. The molecule has 0 aliphatic carbocycles. The van der Waals surface area contributed by atoms with Crippen molar-refractivity contribution in [3.63, 3.8) is 0 Å². The summed E-state index contributed by atoms with van der Waals surface area (Å²) in [6.45, 7) is 7.44. The van der Waals surface area contributed by atoms with Gasteiger partial charge in [0.25, 0.3) is 0 Å². The van der Waals surface area contributed by atoms with Crippen molar-refractivity contribution in [3.8, 4) is 0 Å². The highest BCUT2D eigenvalue weighted by molar-refractivity contribution is 5.38. The molecular formula is C11H19N3. The largest absolute Gasteiger partial charge is 0.383 e. The minimum Gasteiger partial charge on any atom is -0.383 e. The number of aromatic nitrogens is 1. The van der Waals surface area contributed by atoms with Crippen molar-refractivity contribution < 1.29 is 0 Å². The minimum absolute atomic E-state index is 0.655. The Bertz CT molecular complexity index is 273. The summed E-state index contributed by atoms with van der Waals surface area (Å²) in [6.07, 6.45) is 2.91. The molecule has 0 amide bonds. The second-order valence-corrected chi connectivity index (χ2v) is 3.42. The van der Waals surface area contributed by atoms with Gasteiger partial charge in [-0.05, 0) is 25.6 Å². The third-order valence-corrected chi connectivity index (χ3v) is 2.31. The first-order valence-electron chi connectivity index (χ1n) is 5.19. The summed E-state index contributed by atoms with van der Waals surface area (Å²) < 4.78 is 0. The lowest BCUT2D eigenvalue weighted by atomic mass is 10.2. The smallest absolute Gasteiger partial charge is 0.127 e. The molecule has 0 saturated carbocycles. The molecule has 3 nitrogen and oxygen atoms in total. The summed E-state index contributed by atoms with van der Waals surface area (Å²) in [7, 11) is 0. The Kier molecular flexibility index (Phi) is 4.40. The van der Waals surface area contributed by atoms with Crippen molar-refractivity contribution in [1.82, 2.24) is 9.88 Å². The van der Waals surface area contributed by atoms with Crippen LogP contribution in [0.15, 0.2) is 18.3 Å². The molecule has 0 unspecified atom stereocenters. The van der Waals surface area contributed by atoms with E-state index in [-0.39, 0.29) is 0 Å². The van der Waals surface area contributed by atoms with Gasteiger partial charge < -0.3 is 5.73 Å². The highest BCUT2D eigenvalue weighted by atomic mass is 15.1. The molecule has 14 heavy (non-hydrogen) atoms. The van der Waals surface area contributed by atoms with Gasteiger partial charge in [-0.25, -0.2) is 4.98 Å². The first-order valence-corrected chi connectivity index (χ1v) is 5.19. The molecule has 1 aromatic rings. The van der Waals surface area contributed by atoms with Crippen molar-refractivity contribution in [1.29, 1.82) is 0 Å². The quantitative estimate of drug-likeness (QED) is 0.776. The van der Waals surface area contributed by atoms with Crippen molar-refractivity contribution >= 4 is 5.82 Å². The van der Waals surface area contributed by atoms with Crippen LogP contribution < -0.4 is 5.73 Å². The molecule has 1 heterocycles. The van der Waals surface area contributed by atoms with Crippen LogP contribution in [0.1, 0.15) is 25.8 Å². The Morgan fingerprint density at radius 1 is 1.43 bits per heavy atom. The lowest BCUT2D eigenvalue weighted by molar-refractivity contribution is 0.281. The third-order valence-electron chi connectivity index (χ3n) is 2.31. The zero-order valence-electron chi connectivity index (χ0n) is 9.03. The molecule has 0 saturated heterocycles. The van der Waals surface area contributed by atoms with Gasteiger partial charge in [-0.15, -0.1) is 0 Å². The van der Waals surface area contributed by atoms with Gasteiger partial charge >= 0.3 is 0 Å². The molecule has 1 rings (SSSR count). The number of pyridine rings is 1. The highest BCUT2D eigenvalue weighted by Gasteiger charge is 2.04. The maximum absolute atomic E-state index is 5.78. The Morgan fingerprint density at radius 3 is 2.79 bits per heavy atom. The van der Waals surface area contributed by atoms with Gasteiger partial charge in [0.1, 0.15) is 5.82 Å². The predicted molar refractivity (Wildman–Crippen MR) is 59.9 cm³/mol. The van der Waals surface area contributed by atoms with Gasteiger partial charge in [0.15, 0.2) is 0 Å². The van der Waals surface area contributed by atoms with Crippen LogP contribution in [0.3, 0.4) is 0 Å². The Morgan fingerprint density at radius 2 is 2.21 bits per heavy atom. The van der Waals surface area contributed by atoms with Gasteiger partial charge in [-0.1, -0.05) is 19.9 Å². The van der Waals surface area contributed by atoms with Crippen LogP contribution >= 0.6 is 0 Å². The van der Waals surface area contributed by atoms with Gasteiger partial charge in [0.05, 0.1) is 0 Å². The van der Waals surface area contributed by atoms with E-state index < -0.39 is 0 Å². The standard InChI is InChI=1S/C11H19N3/c1-3-8-14(4-2)9-10-6-5-7-13-11(10)12/h5-7H,3-4,8-9H2,1-2H3,(H2,12,13). The van der Waals surface area contributed by atoms with Crippen LogP contribution in [0, 0.1) is 0 Å². The van der Waals surface area contributed by atoms with Crippen molar-refractivity contribution in [2.45, 2.75) is 26.8 Å². The van der Waals surface area contributed by atoms with E-state index in [0.717, 1.165) is 25.2 Å². The van der Waals surface area contributed by atoms with Crippen LogP contribution in [-0.2, 0) is 6.54 Å². The molecule has 0 radical (unpaired) electrons. The molecule has 0 bridgehead atoms. The van der Waals surface area contributed by atoms with Crippen LogP contribution in [-0.4, -0.2) is 23.0 Å². The topological polar surface area (TPSA) is 42.2 Å². The molecule has 0 aliphatic heterocycles. The highest BCUT2D eigenvalue weighted by Crippen LogP contribution is 2.10. The van der Waals surface area contributed by atoms with Crippen LogP contribution in [0.4, 0.5) is 5.82 Å².